The molecule has 0 aliphatic heterocycles. The van der Waals surface area contributed by atoms with Crippen LogP contribution in [-0.2, 0) is 0 Å². The van der Waals surface area contributed by atoms with Crippen molar-refractivity contribution in [2.24, 2.45) is 5.92 Å². The Hall–Kier alpha value is -0.730. The highest BCUT2D eigenvalue weighted by Crippen LogP contribution is 2.34. The van der Waals surface area contributed by atoms with Crippen molar-refractivity contribution in [3.63, 3.8) is 0 Å². The van der Waals surface area contributed by atoms with E-state index in [1.54, 1.807) is 13.2 Å². The van der Waals surface area contributed by atoms with Crippen LogP contribution >= 0.6 is 11.6 Å². The van der Waals surface area contributed by atoms with Gasteiger partial charge in [-0.3, -0.25) is 0 Å². The lowest BCUT2D eigenvalue weighted by molar-refractivity contribution is 0.158. The number of rotatable bonds is 6. The van der Waals surface area contributed by atoms with Crippen molar-refractivity contribution in [1.29, 1.82) is 0 Å². The minimum absolute atomic E-state index is 0.544. The molecule has 0 aliphatic rings. The van der Waals surface area contributed by atoms with Crippen LogP contribution in [0.4, 0.5) is 0 Å². The second-order valence-electron chi connectivity index (χ2n) is 4.70. The summed E-state index contributed by atoms with van der Waals surface area (Å²) in [6, 6.07) is 5.43. The third kappa shape index (κ3) is 4.21. The van der Waals surface area contributed by atoms with E-state index in [-0.39, 0.29) is 0 Å². The summed E-state index contributed by atoms with van der Waals surface area (Å²) in [7, 11) is 1.59. The van der Waals surface area contributed by atoms with Gasteiger partial charge in [0.05, 0.1) is 18.2 Å². The second-order valence-corrected chi connectivity index (χ2v) is 5.10. The van der Waals surface area contributed by atoms with E-state index in [1.165, 1.54) is 0 Å². The summed E-state index contributed by atoms with van der Waals surface area (Å²) < 4.78 is 5.23. The fourth-order valence-electron chi connectivity index (χ4n) is 1.88. The second kappa shape index (κ2) is 6.87. The number of halogens is 1. The standard InChI is InChI=1S/C14H21ClO2/c1-10(2)6-4-8-12(16)14-11(15)7-5-9-13(14)17-3/h5,7,9-10,12,16H,4,6,8H2,1-3H3. The molecule has 1 rings (SSSR count). The summed E-state index contributed by atoms with van der Waals surface area (Å²) in [6.45, 7) is 4.37. The zero-order valence-corrected chi connectivity index (χ0v) is 11.5. The number of benzene rings is 1. The number of methoxy groups -OCH3 is 1. The molecule has 0 aromatic heterocycles. The highest BCUT2D eigenvalue weighted by molar-refractivity contribution is 6.31. The van der Waals surface area contributed by atoms with E-state index in [0.29, 0.717) is 22.3 Å². The first-order valence-electron chi connectivity index (χ1n) is 6.06. The van der Waals surface area contributed by atoms with E-state index < -0.39 is 6.10 Å². The third-order valence-corrected chi connectivity index (χ3v) is 3.15. The Balaban J connectivity index is 2.70. The van der Waals surface area contributed by atoms with E-state index in [2.05, 4.69) is 13.8 Å². The van der Waals surface area contributed by atoms with Gasteiger partial charge in [-0.2, -0.15) is 0 Å². The van der Waals surface area contributed by atoms with Crippen LogP contribution in [0.1, 0.15) is 44.8 Å². The van der Waals surface area contributed by atoms with Crippen molar-refractivity contribution in [3.8, 4) is 5.75 Å². The molecule has 0 saturated carbocycles. The zero-order chi connectivity index (χ0) is 12.8. The molecule has 1 atom stereocenters. The predicted octanol–water partition coefficient (Wildman–Crippen LogP) is 4.21. The van der Waals surface area contributed by atoms with E-state index in [4.69, 9.17) is 16.3 Å². The number of aliphatic hydroxyl groups excluding tert-OH is 1. The van der Waals surface area contributed by atoms with Crippen LogP contribution in [0, 0.1) is 5.92 Å². The molecule has 0 heterocycles. The Kier molecular flexibility index (Phi) is 5.79. The minimum atomic E-state index is -0.544. The van der Waals surface area contributed by atoms with E-state index in [9.17, 15) is 5.11 Å². The van der Waals surface area contributed by atoms with Gasteiger partial charge in [-0.25, -0.2) is 0 Å². The van der Waals surface area contributed by atoms with Crippen molar-refractivity contribution >= 4 is 11.6 Å². The largest absolute Gasteiger partial charge is 0.496 e. The van der Waals surface area contributed by atoms with Crippen molar-refractivity contribution < 1.29 is 9.84 Å². The molecule has 1 aromatic carbocycles. The maximum Gasteiger partial charge on any atom is 0.126 e. The maximum atomic E-state index is 10.2. The number of hydrogen-bond acceptors (Lipinski definition) is 2. The molecule has 0 aliphatic carbocycles. The molecule has 96 valence electrons. The van der Waals surface area contributed by atoms with Crippen LogP contribution in [0.25, 0.3) is 0 Å². The average Bonchev–Trinajstić information content (AvgIpc) is 2.27. The summed E-state index contributed by atoms with van der Waals surface area (Å²) >= 11 is 6.10. The Morgan fingerprint density at radius 3 is 2.59 bits per heavy atom. The Bertz CT molecular complexity index is 350. The molecule has 0 fully saturated rings. The van der Waals surface area contributed by atoms with Gasteiger partial charge in [0.25, 0.3) is 0 Å². The first-order valence-corrected chi connectivity index (χ1v) is 6.44. The van der Waals surface area contributed by atoms with Gasteiger partial charge in [0, 0.05) is 5.56 Å². The molecular formula is C14H21ClO2. The molecule has 0 bridgehead atoms. The molecule has 1 aromatic rings. The highest BCUT2D eigenvalue weighted by Gasteiger charge is 2.16. The van der Waals surface area contributed by atoms with Gasteiger partial charge in [0.2, 0.25) is 0 Å². The molecule has 17 heavy (non-hydrogen) atoms. The lowest BCUT2D eigenvalue weighted by Crippen LogP contribution is -2.02. The van der Waals surface area contributed by atoms with Crippen molar-refractivity contribution in [1.82, 2.24) is 0 Å². The van der Waals surface area contributed by atoms with Gasteiger partial charge in [0.1, 0.15) is 5.75 Å². The molecule has 1 N–H and O–H groups in total. The maximum absolute atomic E-state index is 10.2. The zero-order valence-electron chi connectivity index (χ0n) is 10.7. The first-order chi connectivity index (χ1) is 8.06. The van der Waals surface area contributed by atoms with Gasteiger partial charge >= 0.3 is 0 Å². The smallest absolute Gasteiger partial charge is 0.126 e. The van der Waals surface area contributed by atoms with E-state index in [1.807, 2.05) is 12.1 Å². The molecule has 0 saturated heterocycles. The summed E-state index contributed by atoms with van der Waals surface area (Å²) in [4.78, 5) is 0. The van der Waals surface area contributed by atoms with Gasteiger partial charge < -0.3 is 9.84 Å². The molecule has 2 nitrogen and oxygen atoms in total. The molecule has 0 spiro atoms. The summed E-state index contributed by atoms with van der Waals surface area (Å²) in [6.07, 6.45) is 2.28. The summed E-state index contributed by atoms with van der Waals surface area (Å²) in [5.74, 6) is 1.32. The van der Waals surface area contributed by atoms with Crippen LogP contribution in [0.3, 0.4) is 0 Å². The molecule has 1 unspecified atom stereocenters. The van der Waals surface area contributed by atoms with Crippen LogP contribution in [0.15, 0.2) is 18.2 Å². The number of ether oxygens (including phenoxy) is 1. The van der Waals surface area contributed by atoms with Crippen molar-refractivity contribution in [2.45, 2.75) is 39.2 Å². The SMILES string of the molecule is COc1cccc(Cl)c1C(O)CCCC(C)C. The predicted molar refractivity (Wildman–Crippen MR) is 71.7 cm³/mol. The normalized spacial score (nSPS) is 12.8. The summed E-state index contributed by atoms with van der Waals surface area (Å²) in [5, 5.41) is 10.7. The fraction of sp³-hybridized carbons (Fsp3) is 0.571. The van der Waals surface area contributed by atoms with Crippen LogP contribution in [-0.4, -0.2) is 12.2 Å². The Morgan fingerprint density at radius 2 is 2.00 bits per heavy atom. The Labute approximate surface area is 109 Å². The number of aliphatic hydroxyl groups is 1. The quantitative estimate of drug-likeness (QED) is 0.826. The topological polar surface area (TPSA) is 29.5 Å². The van der Waals surface area contributed by atoms with Crippen LogP contribution in [0.5, 0.6) is 5.75 Å². The number of hydrogen-bond donors (Lipinski definition) is 1. The first kappa shape index (κ1) is 14.3. The molecule has 0 radical (unpaired) electrons. The molecule has 0 amide bonds. The van der Waals surface area contributed by atoms with Crippen molar-refractivity contribution in [3.05, 3.63) is 28.8 Å². The van der Waals surface area contributed by atoms with E-state index in [0.717, 1.165) is 19.3 Å². The Morgan fingerprint density at radius 1 is 1.29 bits per heavy atom. The summed E-state index contributed by atoms with van der Waals surface area (Å²) in [5.41, 5.74) is 0.709. The fourth-order valence-corrected chi connectivity index (χ4v) is 2.17. The van der Waals surface area contributed by atoms with Crippen LogP contribution < -0.4 is 4.74 Å². The average molecular weight is 257 g/mol. The van der Waals surface area contributed by atoms with Crippen molar-refractivity contribution in [2.75, 3.05) is 7.11 Å². The van der Waals surface area contributed by atoms with E-state index >= 15 is 0 Å². The van der Waals surface area contributed by atoms with Gasteiger partial charge in [-0.05, 0) is 24.5 Å². The minimum Gasteiger partial charge on any atom is -0.496 e. The third-order valence-electron chi connectivity index (χ3n) is 2.83. The van der Waals surface area contributed by atoms with Gasteiger partial charge in [-0.15, -0.1) is 0 Å². The lowest BCUT2D eigenvalue weighted by Gasteiger charge is -2.16. The van der Waals surface area contributed by atoms with Gasteiger partial charge in [-0.1, -0.05) is 44.4 Å². The van der Waals surface area contributed by atoms with Gasteiger partial charge in [0.15, 0.2) is 0 Å². The molecule has 3 heteroatoms. The lowest BCUT2D eigenvalue weighted by atomic mass is 9.99. The highest BCUT2D eigenvalue weighted by atomic mass is 35.5. The molecular weight excluding hydrogens is 236 g/mol. The van der Waals surface area contributed by atoms with Crippen LogP contribution in [0.2, 0.25) is 5.02 Å². The monoisotopic (exact) mass is 256 g/mol.